The molecule has 3 rings (SSSR count). The molecule has 0 spiro atoms. The molecule has 0 atom stereocenters. The highest BCUT2D eigenvalue weighted by molar-refractivity contribution is 9.10. The lowest BCUT2D eigenvalue weighted by Crippen LogP contribution is -2.19. The summed E-state index contributed by atoms with van der Waals surface area (Å²) < 4.78 is 12.0. The van der Waals surface area contributed by atoms with Crippen molar-refractivity contribution in [2.75, 3.05) is 7.11 Å². The Labute approximate surface area is 203 Å². The van der Waals surface area contributed by atoms with Crippen molar-refractivity contribution < 1.29 is 19.2 Å². The summed E-state index contributed by atoms with van der Waals surface area (Å²) in [4.78, 5) is 22.9. The van der Waals surface area contributed by atoms with Crippen LogP contribution in [0.15, 0.2) is 64.2 Å². The average molecular weight is 533 g/mol. The molecule has 0 aromatic heterocycles. The zero-order valence-electron chi connectivity index (χ0n) is 17.7. The van der Waals surface area contributed by atoms with Gasteiger partial charge in [0.15, 0.2) is 11.5 Å². The maximum atomic E-state index is 12.4. The number of carbonyl (C=O) groups is 1. The number of ether oxygens (including phenoxy) is 2. The van der Waals surface area contributed by atoms with Crippen LogP contribution in [0, 0.1) is 17.0 Å². The number of rotatable bonds is 8. The lowest BCUT2D eigenvalue weighted by atomic mass is 10.1. The molecule has 0 radical (unpaired) electrons. The second kappa shape index (κ2) is 10.9. The predicted octanol–water partition coefficient (Wildman–Crippen LogP) is 5.67. The third kappa shape index (κ3) is 5.88. The van der Waals surface area contributed by atoms with Gasteiger partial charge in [-0.15, -0.1) is 0 Å². The number of hydrogen-bond acceptors (Lipinski definition) is 6. The van der Waals surface area contributed by atoms with Gasteiger partial charge in [-0.2, -0.15) is 5.10 Å². The van der Waals surface area contributed by atoms with Crippen molar-refractivity contribution in [3.63, 3.8) is 0 Å². The van der Waals surface area contributed by atoms with Crippen LogP contribution in [0.4, 0.5) is 5.69 Å². The lowest BCUT2D eigenvalue weighted by molar-refractivity contribution is -0.385. The SMILES string of the molecule is COc1cc(/C=N\NC(=O)c2cccc([N+](=O)[O-])c2C)cc(Br)c1OCc1ccccc1Cl. The highest BCUT2D eigenvalue weighted by Crippen LogP contribution is 2.37. The third-order valence-corrected chi connectivity index (χ3v) is 5.67. The van der Waals surface area contributed by atoms with E-state index in [-0.39, 0.29) is 23.4 Å². The minimum absolute atomic E-state index is 0.132. The van der Waals surface area contributed by atoms with Gasteiger partial charge in [-0.3, -0.25) is 14.9 Å². The molecule has 1 N–H and O–H groups in total. The number of amides is 1. The van der Waals surface area contributed by atoms with Crippen LogP contribution < -0.4 is 14.9 Å². The number of nitro benzene ring substituents is 1. The van der Waals surface area contributed by atoms with E-state index < -0.39 is 10.8 Å². The van der Waals surface area contributed by atoms with E-state index in [9.17, 15) is 14.9 Å². The molecule has 8 nitrogen and oxygen atoms in total. The van der Waals surface area contributed by atoms with E-state index in [1.54, 1.807) is 18.2 Å². The molecule has 0 bridgehead atoms. The van der Waals surface area contributed by atoms with Crippen LogP contribution in [0.3, 0.4) is 0 Å². The van der Waals surface area contributed by atoms with Gasteiger partial charge in [-0.05, 0) is 52.7 Å². The molecule has 0 unspecified atom stereocenters. The molecule has 0 fully saturated rings. The van der Waals surface area contributed by atoms with Gasteiger partial charge < -0.3 is 9.47 Å². The first-order valence-electron chi connectivity index (χ1n) is 9.63. The maximum Gasteiger partial charge on any atom is 0.273 e. The van der Waals surface area contributed by atoms with Gasteiger partial charge in [-0.25, -0.2) is 5.43 Å². The normalized spacial score (nSPS) is 10.8. The van der Waals surface area contributed by atoms with Crippen LogP contribution in [0.2, 0.25) is 5.02 Å². The fourth-order valence-corrected chi connectivity index (χ4v) is 3.78. The van der Waals surface area contributed by atoms with E-state index in [0.29, 0.717) is 26.6 Å². The molecule has 33 heavy (non-hydrogen) atoms. The smallest absolute Gasteiger partial charge is 0.273 e. The van der Waals surface area contributed by atoms with Crippen LogP contribution in [0.1, 0.15) is 27.0 Å². The number of methoxy groups -OCH3 is 1. The monoisotopic (exact) mass is 531 g/mol. The Morgan fingerprint density at radius 1 is 1.24 bits per heavy atom. The van der Waals surface area contributed by atoms with E-state index in [1.165, 1.54) is 38.4 Å². The van der Waals surface area contributed by atoms with Crippen LogP contribution in [0.5, 0.6) is 11.5 Å². The highest BCUT2D eigenvalue weighted by Gasteiger charge is 2.17. The van der Waals surface area contributed by atoms with Crippen LogP contribution >= 0.6 is 27.5 Å². The summed E-state index contributed by atoms with van der Waals surface area (Å²) in [7, 11) is 1.51. The predicted molar refractivity (Wildman–Crippen MR) is 129 cm³/mol. The number of nitrogens with one attached hydrogen (secondary N) is 1. The standard InChI is InChI=1S/C23H19BrClN3O5/c1-14-17(7-5-9-20(14)28(30)31)23(29)27-26-12-15-10-18(24)22(21(11-15)32-2)33-13-16-6-3-4-8-19(16)25/h3-12H,13H2,1-2H3,(H,27,29)/b26-12-. The number of benzene rings is 3. The Bertz CT molecular complexity index is 1230. The summed E-state index contributed by atoms with van der Waals surface area (Å²) in [6, 6.07) is 15.1. The molecule has 3 aromatic rings. The number of halogens is 2. The van der Waals surface area contributed by atoms with Crippen LogP contribution in [-0.2, 0) is 6.61 Å². The minimum atomic E-state index is -0.557. The van der Waals surface area contributed by atoms with E-state index in [1.807, 2.05) is 18.2 Å². The van der Waals surface area contributed by atoms with E-state index in [4.69, 9.17) is 21.1 Å². The largest absolute Gasteiger partial charge is 0.493 e. The molecule has 0 aliphatic heterocycles. The van der Waals surface area contributed by atoms with Gasteiger partial charge >= 0.3 is 0 Å². The molecular formula is C23H19BrClN3O5. The Hall–Kier alpha value is -3.43. The van der Waals surface area contributed by atoms with Gasteiger partial charge in [0.2, 0.25) is 0 Å². The number of nitro groups is 1. The van der Waals surface area contributed by atoms with Gasteiger partial charge in [-0.1, -0.05) is 35.9 Å². The Balaban J connectivity index is 1.73. The van der Waals surface area contributed by atoms with Gasteiger partial charge in [0.05, 0.1) is 28.3 Å². The summed E-state index contributed by atoms with van der Waals surface area (Å²) >= 11 is 9.65. The molecule has 0 heterocycles. The van der Waals surface area contributed by atoms with Crippen LogP contribution in [0.25, 0.3) is 0 Å². The Kier molecular flexibility index (Phi) is 8.02. The fourth-order valence-electron chi connectivity index (χ4n) is 3.01. The quantitative estimate of drug-likeness (QED) is 0.229. The van der Waals surface area contributed by atoms with Gasteiger partial charge in [0.25, 0.3) is 11.6 Å². The molecular weight excluding hydrogens is 514 g/mol. The first kappa shape index (κ1) is 24.2. The zero-order valence-corrected chi connectivity index (χ0v) is 20.0. The lowest BCUT2D eigenvalue weighted by Gasteiger charge is -2.14. The van der Waals surface area contributed by atoms with Gasteiger partial charge in [0.1, 0.15) is 6.61 Å². The number of hydrogen-bond donors (Lipinski definition) is 1. The second-order valence-electron chi connectivity index (χ2n) is 6.82. The van der Waals surface area contributed by atoms with E-state index in [0.717, 1.165) is 5.56 Å². The van der Waals surface area contributed by atoms with Crippen molar-refractivity contribution in [2.24, 2.45) is 5.10 Å². The van der Waals surface area contributed by atoms with E-state index in [2.05, 4.69) is 26.5 Å². The average Bonchev–Trinajstić information content (AvgIpc) is 2.78. The zero-order chi connectivity index (χ0) is 24.0. The van der Waals surface area contributed by atoms with Crippen molar-refractivity contribution in [2.45, 2.75) is 13.5 Å². The molecule has 1 amide bonds. The van der Waals surface area contributed by atoms with Gasteiger partial charge in [0, 0.05) is 22.2 Å². The topological polar surface area (TPSA) is 103 Å². The summed E-state index contributed by atoms with van der Waals surface area (Å²) in [5, 5.41) is 15.6. The fraction of sp³-hybridized carbons (Fsp3) is 0.130. The molecule has 0 saturated carbocycles. The minimum Gasteiger partial charge on any atom is -0.493 e. The van der Waals surface area contributed by atoms with Crippen molar-refractivity contribution in [3.05, 3.63) is 96.5 Å². The number of nitrogens with zero attached hydrogens (tertiary/aromatic N) is 2. The molecule has 3 aromatic carbocycles. The Morgan fingerprint density at radius 3 is 2.70 bits per heavy atom. The molecule has 170 valence electrons. The second-order valence-corrected chi connectivity index (χ2v) is 8.08. The number of hydrazone groups is 1. The summed E-state index contributed by atoms with van der Waals surface area (Å²) in [5.41, 5.74) is 4.14. The van der Waals surface area contributed by atoms with Crippen LogP contribution in [-0.4, -0.2) is 24.2 Å². The molecule has 10 heteroatoms. The summed E-state index contributed by atoms with van der Waals surface area (Å²) in [6.45, 7) is 1.76. The highest BCUT2D eigenvalue weighted by atomic mass is 79.9. The molecule has 0 aliphatic carbocycles. The molecule has 0 aliphatic rings. The summed E-state index contributed by atoms with van der Waals surface area (Å²) in [6.07, 6.45) is 1.43. The van der Waals surface area contributed by atoms with Crippen molar-refractivity contribution >= 4 is 45.3 Å². The third-order valence-electron chi connectivity index (χ3n) is 4.71. The first-order valence-corrected chi connectivity index (χ1v) is 10.8. The summed E-state index contributed by atoms with van der Waals surface area (Å²) in [5.74, 6) is 0.391. The Morgan fingerprint density at radius 2 is 2.00 bits per heavy atom. The van der Waals surface area contributed by atoms with Crippen molar-refractivity contribution in [3.8, 4) is 11.5 Å². The first-order chi connectivity index (χ1) is 15.8. The maximum absolute atomic E-state index is 12.4. The molecule has 0 saturated heterocycles. The van der Waals surface area contributed by atoms with Crippen molar-refractivity contribution in [1.29, 1.82) is 0 Å². The number of carbonyl (C=O) groups excluding carboxylic acids is 1. The van der Waals surface area contributed by atoms with Crippen molar-refractivity contribution in [1.82, 2.24) is 5.43 Å². The van der Waals surface area contributed by atoms with E-state index >= 15 is 0 Å².